The molecule has 0 fully saturated rings. The van der Waals surface area contributed by atoms with Crippen LogP contribution in [-0.4, -0.2) is 20.7 Å². The number of benzene rings is 1. The number of carbonyl (C=O) groups excluding carboxylic acids is 1. The third-order valence-electron chi connectivity index (χ3n) is 4.33. The molecule has 7 heteroatoms. The summed E-state index contributed by atoms with van der Waals surface area (Å²) in [6.07, 6.45) is 1.76. The maximum absolute atomic E-state index is 12.5. The molecule has 0 aliphatic rings. The van der Waals surface area contributed by atoms with Gasteiger partial charge >= 0.3 is 0 Å². The van der Waals surface area contributed by atoms with Gasteiger partial charge in [-0.1, -0.05) is 18.2 Å². The maximum atomic E-state index is 12.5. The summed E-state index contributed by atoms with van der Waals surface area (Å²) in [4.78, 5) is 17.0. The van der Waals surface area contributed by atoms with Crippen molar-refractivity contribution >= 4 is 11.7 Å². The van der Waals surface area contributed by atoms with Gasteiger partial charge in [0.25, 0.3) is 0 Å². The van der Waals surface area contributed by atoms with Crippen LogP contribution in [0.5, 0.6) is 0 Å². The molecule has 1 aromatic carbocycles. The number of furan rings is 1. The molecule has 0 bridgehead atoms. The molecule has 0 radical (unpaired) electrons. The predicted octanol–water partition coefficient (Wildman–Crippen LogP) is 3.98. The van der Waals surface area contributed by atoms with E-state index in [1.807, 2.05) is 56.3 Å². The number of hydrogen-bond acceptors (Lipinski definition) is 5. The van der Waals surface area contributed by atoms with Gasteiger partial charge in [0, 0.05) is 11.6 Å². The van der Waals surface area contributed by atoms with E-state index in [1.165, 1.54) is 0 Å². The molecule has 1 N–H and O–H groups in total. The van der Waals surface area contributed by atoms with Crippen LogP contribution in [0.15, 0.2) is 63.6 Å². The fourth-order valence-electron chi connectivity index (χ4n) is 2.92. The lowest BCUT2D eigenvalue weighted by Crippen LogP contribution is -2.18. The summed E-state index contributed by atoms with van der Waals surface area (Å²) < 4.78 is 13.0. The monoisotopic (exact) mass is 376 g/mol. The number of anilines is 1. The number of aromatic nitrogens is 3. The molecule has 4 aromatic rings. The third-order valence-corrected chi connectivity index (χ3v) is 4.33. The van der Waals surface area contributed by atoms with Gasteiger partial charge in [0.15, 0.2) is 0 Å². The second-order valence-electron chi connectivity index (χ2n) is 6.50. The predicted molar refractivity (Wildman–Crippen MR) is 104 cm³/mol. The molecular weight excluding hydrogens is 356 g/mol. The van der Waals surface area contributed by atoms with E-state index in [-0.39, 0.29) is 12.3 Å². The summed E-state index contributed by atoms with van der Waals surface area (Å²) in [5.74, 6) is 3.17. The number of aryl methyl sites for hydroxylation is 2. The molecule has 4 rings (SSSR count). The van der Waals surface area contributed by atoms with Crippen LogP contribution in [0.25, 0.3) is 11.5 Å². The molecule has 3 aromatic heterocycles. The molecule has 142 valence electrons. The normalized spacial score (nSPS) is 10.9. The molecular formula is C21H20N4O3. The van der Waals surface area contributed by atoms with E-state index in [2.05, 4.69) is 15.4 Å². The van der Waals surface area contributed by atoms with Crippen LogP contribution >= 0.6 is 0 Å². The highest BCUT2D eigenvalue weighted by atomic mass is 16.4. The number of carbonyl (C=O) groups is 1. The number of rotatable bonds is 6. The fourth-order valence-corrected chi connectivity index (χ4v) is 2.92. The van der Waals surface area contributed by atoms with E-state index >= 15 is 0 Å². The molecule has 28 heavy (non-hydrogen) atoms. The summed E-state index contributed by atoms with van der Waals surface area (Å²) >= 11 is 0. The minimum atomic E-state index is -0.187. The molecule has 7 nitrogen and oxygen atoms in total. The van der Waals surface area contributed by atoms with Crippen molar-refractivity contribution in [1.29, 1.82) is 0 Å². The zero-order chi connectivity index (χ0) is 19.5. The summed E-state index contributed by atoms with van der Waals surface area (Å²) in [7, 11) is 0. The van der Waals surface area contributed by atoms with Crippen molar-refractivity contribution in [1.82, 2.24) is 14.8 Å². The molecule has 0 saturated heterocycles. The van der Waals surface area contributed by atoms with Crippen LogP contribution in [0, 0.1) is 13.8 Å². The second-order valence-corrected chi connectivity index (χ2v) is 6.50. The first-order valence-electron chi connectivity index (χ1n) is 8.97. The first kappa shape index (κ1) is 17.8. The smallest absolute Gasteiger partial charge is 0.231 e. The Morgan fingerprint density at radius 3 is 2.64 bits per heavy atom. The number of oxazole rings is 1. The fraction of sp³-hybridized carbons (Fsp3) is 0.190. The summed E-state index contributed by atoms with van der Waals surface area (Å²) in [5, 5.41) is 7.13. The zero-order valence-electron chi connectivity index (χ0n) is 15.7. The van der Waals surface area contributed by atoms with Crippen molar-refractivity contribution in [3.8, 4) is 11.5 Å². The van der Waals surface area contributed by atoms with Gasteiger partial charge in [0.2, 0.25) is 11.8 Å². The van der Waals surface area contributed by atoms with Gasteiger partial charge in [-0.15, -0.1) is 0 Å². The van der Waals surface area contributed by atoms with Gasteiger partial charge in [-0.05, 0) is 38.1 Å². The average molecular weight is 376 g/mol. The Morgan fingerprint density at radius 2 is 1.89 bits per heavy atom. The Labute approximate surface area is 162 Å². The highest BCUT2D eigenvalue weighted by molar-refractivity contribution is 5.91. The SMILES string of the molecule is Cc1ccc(Cn2nccc2NC(=O)Cc2nc(-c3ccccc3)oc2C)o1. The highest BCUT2D eigenvalue weighted by Gasteiger charge is 2.16. The van der Waals surface area contributed by atoms with Gasteiger partial charge in [0.1, 0.15) is 29.6 Å². The number of hydrogen-bond donors (Lipinski definition) is 1. The highest BCUT2D eigenvalue weighted by Crippen LogP contribution is 2.22. The van der Waals surface area contributed by atoms with E-state index in [1.54, 1.807) is 16.9 Å². The lowest BCUT2D eigenvalue weighted by molar-refractivity contribution is -0.115. The Hall–Kier alpha value is -3.61. The van der Waals surface area contributed by atoms with E-state index in [9.17, 15) is 4.79 Å². The summed E-state index contributed by atoms with van der Waals surface area (Å²) in [5.41, 5.74) is 1.49. The van der Waals surface area contributed by atoms with Crippen molar-refractivity contribution < 1.29 is 13.6 Å². The van der Waals surface area contributed by atoms with Crippen molar-refractivity contribution in [2.45, 2.75) is 26.8 Å². The van der Waals surface area contributed by atoms with Crippen LogP contribution in [-0.2, 0) is 17.8 Å². The molecule has 0 saturated carbocycles. The van der Waals surface area contributed by atoms with Crippen LogP contribution in [0.4, 0.5) is 5.82 Å². The molecule has 0 spiro atoms. The van der Waals surface area contributed by atoms with E-state index < -0.39 is 0 Å². The Bertz CT molecular complexity index is 1090. The van der Waals surface area contributed by atoms with Gasteiger partial charge in [-0.3, -0.25) is 4.79 Å². The largest absolute Gasteiger partial charge is 0.464 e. The van der Waals surface area contributed by atoms with Crippen molar-refractivity contribution in [3.63, 3.8) is 0 Å². The first-order chi connectivity index (χ1) is 13.6. The minimum absolute atomic E-state index is 0.118. The standard InChI is InChI=1S/C21H20N4O3/c1-14-8-9-17(27-14)13-25-19(10-11-22-25)24-20(26)12-18-15(2)28-21(23-18)16-6-4-3-5-7-16/h3-11H,12-13H2,1-2H3,(H,24,26). The van der Waals surface area contributed by atoms with E-state index in [4.69, 9.17) is 8.83 Å². The summed E-state index contributed by atoms with van der Waals surface area (Å²) in [6.45, 7) is 4.14. The van der Waals surface area contributed by atoms with Gasteiger partial charge in [-0.2, -0.15) is 5.10 Å². The Morgan fingerprint density at radius 1 is 1.07 bits per heavy atom. The number of nitrogens with zero attached hydrogens (tertiary/aromatic N) is 3. The summed E-state index contributed by atoms with van der Waals surface area (Å²) in [6, 6.07) is 15.2. The topological polar surface area (TPSA) is 86.1 Å². The molecule has 1 amide bonds. The zero-order valence-corrected chi connectivity index (χ0v) is 15.7. The Balaban J connectivity index is 1.44. The lowest BCUT2D eigenvalue weighted by Gasteiger charge is -2.07. The van der Waals surface area contributed by atoms with Gasteiger partial charge < -0.3 is 14.2 Å². The maximum Gasteiger partial charge on any atom is 0.231 e. The van der Waals surface area contributed by atoms with Crippen LogP contribution < -0.4 is 5.32 Å². The van der Waals surface area contributed by atoms with Crippen LogP contribution in [0.2, 0.25) is 0 Å². The van der Waals surface area contributed by atoms with Crippen molar-refractivity contribution in [2.75, 3.05) is 5.32 Å². The van der Waals surface area contributed by atoms with E-state index in [0.29, 0.717) is 29.7 Å². The number of amides is 1. The molecule has 0 aliphatic heterocycles. The van der Waals surface area contributed by atoms with Gasteiger partial charge in [-0.25, -0.2) is 9.67 Å². The number of nitrogens with one attached hydrogen (secondary N) is 1. The van der Waals surface area contributed by atoms with Gasteiger partial charge in [0.05, 0.1) is 18.3 Å². The van der Waals surface area contributed by atoms with Crippen LogP contribution in [0.1, 0.15) is 23.0 Å². The molecule has 0 atom stereocenters. The van der Waals surface area contributed by atoms with Crippen molar-refractivity contribution in [2.24, 2.45) is 0 Å². The molecule has 0 unspecified atom stereocenters. The molecule has 0 aliphatic carbocycles. The van der Waals surface area contributed by atoms with E-state index in [0.717, 1.165) is 17.1 Å². The average Bonchev–Trinajstić information content (AvgIpc) is 3.39. The van der Waals surface area contributed by atoms with Crippen molar-refractivity contribution in [3.05, 3.63) is 77.7 Å². The van der Waals surface area contributed by atoms with Crippen LogP contribution in [0.3, 0.4) is 0 Å². The lowest BCUT2D eigenvalue weighted by atomic mass is 10.2. The third kappa shape index (κ3) is 3.88. The Kier molecular flexibility index (Phi) is 4.80. The first-order valence-corrected chi connectivity index (χ1v) is 8.97. The quantitative estimate of drug-likeness (QED) is 0.550. The molecule has 3 heterocycles. The second kappa shape index (κ2) is 7.56. The minimum Gasteiger partial charge on any atom is -0.464 e.